The smallest absolute Gasteiger partial charge is 0.196 e. The summed E-state index contributed by atoms with van der Waals surface area (Å²) in [4.78, 5) is 4.60. The average Bonchev–Trinajstić information content (AvgIpc) is 3.21. The highest BCUT2D eigenvalue weighted by molar-refractivity contribution is 7.98. The predicted molar refractivity (Wildman–Crippen MR) is 104 cm³/mol. The number of hydrogen-bond donors (Lipinski definition) is 1. The van der Waals surface area contributed by atoms with Gasteiger partial charge in [-0.05, 0) is 18.2 Å². The van der Waals surface area contributed by atoms with Crippen molar-refractivity contribution in [3.8, 4) is 0 Å². The number of nitrogens with one attached hydrogen (secondary N) is 1. The van der Waals surface area contributed by atoms with Crippen LogP contribution in [0.4, 0.5) is 10.8 Å². The first kappa shape index (κ1) is 16.7. The Balaban J connectivity index is 1.47. The van der Waals surface area contributed by atoms with Crippen molar-refractivity contribution in [1.29, 1.82) is 0 Å². The maximum atomic E-state index is 6.14. The van der Waals surface area contributed by atoms with Gasteiger partial charge in [0, 0.05) is 23.0 Å². The number of benzene rings is 1. The van der Waals surface area contributed by atoms with E-state index in [-0.39, 0.29) is 0 Å². The summed E-state index contributed by atoms with van der Waals surface area (Å²) in [5, 5.41) is 16.2. The summed E-state index contributed by atoms with van der Waals surface area (Å²) in [6, 6.07) is 11.6. The van der Waals surface area contributed by atoms with E-state index in [1.165, 1.54) is 11.8 Å². The Morgan fingerprint density at radius 1 is 1.16 bits per heavy atom. The molecule has 3 aromatic heterocycles. The minimum atomic E-state index is 0.481. The number of halogens is 2. The highest BCUT2D eigenvalue weighted by Gasteiger charge is 2.11. The Kier molecular flexibility index (Phi) is 4.80. The molecule has 0 aliphatic heterocycles. The van der Waals surface area contributed by atoms with Crippen LogP contribution in [0.1, 0.15) is 5.69 Å². The topological polar surface area (TPSA) is 55.1 Å². The Labute approximate surface area is 162 Å². The Hall–Kier alpha value is -1.80. The van der Waals surface area contributed by atoms with Gasteiger partial charge in [-0.1, -0.05) is 53.2 Å². The molecule has 1 aromatic carbocycles. The minimum absolute atomic E-state index is 0.481. The second-order valence-corrected chi connectivity index (χ2v) is 7.75. The fourth-order valence-electron chi connectivity index (χ4n) is 2.22. The van der Waals surface area contributed by atoms with Crippen LogP contribution in [0.2, 0.25) is 10.0 Å². The molecule has 0 bridgehead atoms. The number of nitrogens with zero attached hydrogens (tertiary/aromatic N) is 4. The van der Waals surface area contributed by atoms with Crippen LogP contribution in [0.5, 0.6) is 0 Å². The number of aromatic nitrogens is 4. The molecule has 4 aromatic rings. The fraction of sp³-hybridized carbons (Fsp3) is 0.0625. The van der Waals surface area contributed by atoms with Crippen molar-refractivity contribution in [3.63, 3.8) is 0 Å². The summed E-state index contributed by atoms with van der Waals surface area (Å²) in [5.74, 6) is 0.678. The molecular weight excluding hydrogens is 397 g/mol. The SMILES string of the molecule is Clc1cc(Cl)c2nnc(SCc3csc(Nc4ccccc4)n3)n2c1. The van der Waals surface area contributed by atoms with Gasteiger partial charge in [0.2, 0.25) is 0 Å². The third-order valence-electron chi connectivity index (χ3n) is 3.32. The lowest BCUT2D eigenvalue weighted by atomic mass is 10.3. The number of hydrogen-bond acceptors (Lipinski definition) is 6. The van der Waals surface area contributed by atoms with Crippen LogP contribution in [0.15, 0.2) is 53.1 Å². The first-order valence-electron chi connectivity index (χ1n) is 7.28. The van der Waals surface area contributed by atoms with E-state index in [2.05, 4.69) is 20.5 Å². The van der Waals surface area contributed by atoms with Crippen molar-refractivity contribution in [2.45, 2.75) is 10.9 Å². The quantitative estimate of drug-likeness (QED) is 0.440. The summed E-state index contributed by atoms with van der Waals surface area (Å²) in [6.45, 7) is 0. The maximum Gasteiger partial charge on any atom is 0.196 e. The van der Waals surface area contributed by atoms with Gasteiger partial charge in [0.05, 0.1) is 15.7 Å². The summed E-state index contributed by atoms with van der Waals surface area (Å²) >= 11 is 15.3. The number of pyridine rings is 1. The third kappa shape index (κ3) is 3.74. The Morgan fingerprint density at radius 3 is 2.84 bits per heavy atom. The molecule has 0 aliphatic carbocycles. The normalized spacial score (nSPS) is 11.1. The minimum Gasteiger partial charge on any atom is -0.332 e. The van der Waals surface area contributed by atoms with E-state index in [4.69, 9.17) is 23.2 Å². The molecule has 0 unspecified atom stereocenters. The van der Waals surface area contributed by atoms with Crippen molar-refractivity contribution in [1.82, 2.24) is 19.6 Å². The number of thiazole rings is 1. The Bertz CT molecular complexity index is 1020. The van der Waals surface area contributed by atoms with E-state index in [1.54, 1.807) is 28.0 Å². The molecule has 4 rings (SSSR count). The van der Waals surface area contributed by atoms with Crippen molar-refractivity contribution >= 4 is 62.8 Å². The van der Waals surface area contributed by atoms with Crippen molar-refractivity contribution in [2.75, 3.05) is 5.32 Å². The lowest BCUT2D eigenvalue weighted by Gasteiger charge is -2.01. The average molecular weight is 408 g/mol. The molecule has 25 heavy (non-hydrogen) atoms. The monoisotopic (exact) mass is 407 g/mol. The summed E-state index contributed by atoms with van der Waals surface area (Å²) in [5.41, 5.74) is 2.58. The van der Waals surface area contributed by atoms with E-state index < -0.39 is 0 Å². The van der Waals surface area contributed by atoms with Crippen LogP contribution in [-0.4, -0.2) is 19.6 Å². The van der Waals surface area contributed by atoms with Crippen LogP contribution < -0.4 is 5.32 Å². The molecule has 0 atom stereocenters. The first-order valence-corrected chi connectivity index (χ1v) is 9.90. The number of rotatable bonds is 5. The zero-order valence-electron chi connectivity index (χ0n) is 12.7. The van der Waals surface area contributed by atoms with Crippen molar-refractivity contribution in [3.05, 3.63) is 63.7 Å². The highest BCUT2D eigenvalue weighted by Crippen LogP contribution is 2.28. The molecule has 3 heterocycles. The predicted octanol–water partition coefficient (Wildman–Crippen LogP) is 5.53. The van der Waals surface area contributed by atoms with Gasteiger partial charge in [-0.2, -0.15) is 0 Å². The summed E-state index contributed by atoms with van der Waals surface area (Å²) < 4.78 is 1.80. The van der Waals surface area contributed by atoms with Crippen LogP contribution in [0.3, 0.4) is 0 Å². The molecule has 0 saturated carbocycles. The lowest BCUT2D eigenvalue weighted by molar-refractivity contribution is 0.920. The van der Waals surface area contributed by atoms with E-state index >= 15 is 0 Å². The largest absolute Gasteiger partial charge is 0.332 e. The molecule has 0 radical (unpaired) electrons. The van der Waals surface area contributed by atoms with Crippen LogP contribution in [-0.2, 0) is 5.75 Å². The molecule has 5 nitrogen and oxygen atoms in total. The van der Waals surface area contributed by atoms with Crippen molar-refractivity contribution < 1.29 is 0 Å². The summed E-state index contributed by atoms with van der Waals surface area (Å²) in [6.07, 6.45) is 1.76. The van der Waals surface area contributed by atoms with Crippen LogP contribution in [0.25, 0.3) is 5.65 Å². The first-order chi connectivity index (χ1) is 12.2. The highest BCUT2D eigenvalue weighted by atomic mass is 35.5. The molecule has 0 amide bonds. The maximum absolute atomic E-state index is 6.14. The van der Waals surface area contributed by atoms with Gasteiger partial charge in [-0.15, -0.1) is 21.5 Å². The fourth-order valence-corrected chi connectivity index (χ4v) is 4.36. The number of fused-ring (bicyclic) bond motifs is 1. The van der Waals surface area contributed by atoms with Crippen LogP contribution >= 0.6 is 46.3 Å². The zero-order valence-corrected chi connectivity index (χ0v) is 15.8. The van der Waals surface area contributed by atoms with E-state index in [0.29, 0.717) is 21.4 Å². The third-order valence-corrected chi connectivity index (χ3v) is 5.59. The van der Waals surface area contributed by atoms with Gasteiger partial charge in [-0.25, -0.2) is 4.98 Å². The molecule has 0 saturated heterocycles. The molecule has 1 N–H and O–H groups in total. The van der Waals surface area contributed by atoms with E-state index in [1.807, 2.05) is 35.7 Å². The summed E-state index contributed by atoms with van der Waals surface area (Å²) in [7, 11) is 0. The molecular formula is C16H11Cl2N5S2. The Morgan fingerprint density at radius 2 is 2.00 bits per heavy atom. The van der Waals surface area contributed by atoms with Crippen LogP contribution in [0, 0.1) is 0 Å². The molecule has 9 heteroatoms. The van der Waals surface area contributed by atoms with Gasteiger partial charge < -0.3 is 5.32 Å². The van der Waals surface area contributed by atoms with E-state index in [0.717, 1.165) is 21.7 Å². The number of thioether (sulfide) groups is 1. The standard InChI is InChI=1S/C16H11Cl2N5S2/c17-10-6-13(18)14-21-22-16(23(14)7-10)25-9-12-8-24-15(20-12)19-11-4-2-1-3-5-11/h1-8H,9H2,(H,19,20). The molecule has 0 aliphatic rings. The zero-order chi connectivity index (χ0) is 17.2. The second-order valence-electron chi connectivity index (χ2n) is 5.11. The lowest BCUT2D eigenvalue weighted by Crippen LogP contribution is -1.91. The van der Waals surface area contributed by atoms with Gasteiger partial charge in [0.15, 0.2) is 15.9 Å². The molecule has 126 valence electrons. The van der Waals surface area contributed by atoms with Gasteiger partial charge >= 0.3 is 0 Å². The van der Waals surface area contributed by atoms with Gasteiger partial charge in [-0.3, -0.25) is 4.40 Å². The van der Waals surface area contributed by atoms with Gasteiger partial charge in [0.1, 0.15) is 0 Å². The molecule has 0 spiro atoms. The van der Waals surface area contributed by atoms with E-state index in [9.17, 15) is 0 Å². The van der Waals surface area contributed by atoms with Gasteiger partial charge in [0.25, 0.3) is 0 Å². The second kappa shape index (κ2) is 7.21. The number of anilines is 2. The van der Waals surface area contributed by atoms with Crippen molar-refractivity contribution in [2.24, 2.45) is 0 Å². The number of para-hydroxylation sites is 1. The molecule has 0 fully saturated rings.